The maximum Gasteiger partial charge on any atom is 0.0722 e. The molecule has 1 spiro atoms. The van der Waals surface area contributed by atoms with E-state index >= 15 is 0 Å². The Balaban J connectivity index is 1.08. The van der Waals surface area contributed by atoms with Gasteiger partial charge in [-0.05, 0) is 128 Å². The molecule has 13 rings (SSSR count). The summed E-state index contributed by atoms with van der Waals surface area (Å²) in [7, 11) is 0. The predicted octanol–water partition coefficient (Wildman–Crippen LogP) is 17.8. The first kappa shape index (κ1) is 39.9. The average molecular weight is 869 g/mol. The van der Waals surface area contributed by atoms with Crippen LogP contribution in [0, 0.1) is 0 Å². The standard InChI is InChI=1S/C66H48N2/c1-3-21-56-48(4-2)51-27-13-16-32-57(51)66(56)58-33-17-14-29-54(58)65-59(66)34-20-37-63(65)68(47-40-38-45(39-41-47)44-22-7-5-8-23-44)61-43-42-50(49-26-11-12-28-52(49)61)53-31-19-36-62-64(53)55-30-15-18-35-60(55)67(62)46-24-9-6-10-25-46/h3,5-43H,4H2,1-2H3/b21-3-. The summed E-state index contributed by atoms with van der Waals surface area (Å²) < 4.78 is 2.41. The summed E-state index contributed by atoms with van der Waals surface area (Å²) in [6.07, 6.45) is 5.58. The van der Waals surface area contributed by atoms with E-state index in [1.165, 1.54) is 99.4 Å². The van der Waals surface area contributed by atoms with E-state index in [0.29, 0.717) is 0 Å². The predicted molar refractivity (Wildman–Crippen MR) is 288 cm³/mol. The summed E-state index contributed by atoms with van der Waals surface area (Å²) in [5.41, 5.74) is 22.1. The molecule has 10 aromatic carbocycles. The number of aromatic nitrogens is 1. The van der Waals surface area contributed by atoms with E-state index in [9.17, 15) is 0 Å². The number of para-hydroxylation sites is 2. The molecule has 2 aliphatic carbocycles. The van der Waals surface area contributed by atoms with Crippen LogP contribution < -0.4 is 4.90 Å². The molecule has 1 unspecified atom stereocenters. The van der Waals surface area contributed by atoms with Gasteiger partial charge in [-0.1, -0.05) is 201 Å². The number of nitrogens with zero attached hydrogens (tertiary/aromatic N) is 2. The fraction of sp³-hybridized carbons (Fsp3) is 0.0606. The van der Waals surface area contributed by atoms with Gasteiger partial charge < -0.3 is 9.47 Å². The van der Waals surface area contributed by atoms with Crippen LogP contribution in [0.4, 0.5) is 17.1 Å². The number of anilines is 3. The second kappa shape index (κ2) is 15.9. The van der Waals surface area contributed by atoms with Crippen molar-refractivity contribution >= 4 is 55.2 Å². The van der Waals surface area contributed by atoms with Gasteiger partial charge in [-0.2, -0.15) is 0 Å². The van der Waals surface area contributed by atoms with Gasteiger partial charge in [0.2, 0.25) is 0 Å². The molecule has 1 aromatic heterocycles. The molecule has 0 saturated carbocycles. The van der Waals surface area contributed by atoms with Crippen LogP contribution in [0.2, 0.25) is 0 Å². The second-order valence-corrected chi connectivity index (χ2v) is 18.1. The summed E-state index contributed by atoms with van der Waals surface area (Å²) in [5.74, 6) is 0. The molecular weight excluding hydrogens is 821 g/mol. The highest BCUT2D eigenvalue weighted by Gasteiger charge is 2.52. The molecule has 0 fully saturated rings. The van der Waals surface area contributed by atoms with Crippen LogP contribution in [-0.2, 0) is 5.41 Å². The van der Waals surface area contributed by atoms with Crippen LogP contribution in [0.15, 0.2) is 248 Å². The lowest BCUT2D eigenvalue weighted by atomic mass is 9.69. The van der Waals surface area contributed by atoms with E-state index < -0.39 is 5.41 Å². The number of hydrogen-bond acceptors (Lipinski definition) is 1. The smallest absolute Gasteiger partial charge is 0.0722 e. The Bertz CT molecular complexity index is 3830. The highest BCUT2D eigenvalue weighted by Crippen LogP contribution is 2.64. The highest BCUT2D eigenvalue weighted by atomic mass is 15.1. The molecule has 11 aromatic rings. The first-order valence-corrected chi connectivity index (χ1v) is 24.0. The van der Waals surface area contributed by atoms with Gasteiger partial charge in [-0.3, -0.25) is 0 Å². The minimum atomic E-state index is -0.456. The minimum Gasteiger partial charge on any atom is -0.309 e. The molecular formula is C66H48N2. The van der Waals surface area contributed by atoms with Crippen molar-refractivity contribution in [2.75, 3.05) is 4.90 Å². The third kappa shape index (κ3) is 5.71. The third-order valence-corrected chi connectivity index (χ3v) is 14.7. The zero-order valence-corrected chi connectivity index (χ0v) is 38.2. The molecule has 1 atom stereocenters. The van der Waals surface area contributed by atoms with Gasteiger partial charge in [0.15, 0.2) is 0 Å². The van der Waals surface area contributed by atoms with Crippen LogP contribution >= 0.6 is 0 Å². The lowest BCUT2D eigenvalue weighted by Crippen LogP contribution is -2.27. The number of allylic oxidation sites excluding steroid dienone is 4. The second-order valence-electron chi connectivity index (χ2n) is 18.1. The molecule has 0 bridgehead atoms. The summed E-state index contributed by atoms with van der Waals surface area (Å²) in [4.78, 5) is 2.54. The first-order chi connectivity index (χ1) is 33.7. The number of benzene rings is 10. The zero-order chi connectivity index (χ0) is 45.3. The summed E-state index contributed by atoms with van der Waals surface area (Å²) in [6, 6.07) is 85.5. The quantitative estimate of drug-likeness (QED) is 0.148. The van der Waals surface area contributed by atoms with Crippen LogP contribution in [0.3, 0.4) is 0 Å². The number of hydrogen-bond donors (Lipinski definition) is 0. The Morgan fingerprint density at radius 3 is 1.79 bits per heavy atom. The SMILES string of the molecule is C/C=C\C1=C(CC)c2ccccc2C12c1ccccc1-c1c(N(c3ccc(-c4ccccc4)cc3)c3ccc(-c4cccc5c4c4ccccc4n5-c4ccccc4)c4ccccc34)cccc12. The Hall–Kier alpha value is -8.46. The van der Waals surface area contributed by atoms with Crippen molar-refractivity contribution in [2.45, 2.75) is 25.7 Å². The van der Waals surface area contributed by atoms with E-state index in [2.05, 4.69) is 266 Å². The molecule has 0 saturated heterocycles. The van der Waals surface area contributed by atoms with Gasteiger partial charge in [0.25, 0.3) is 0 Å². The number of rotatable bonds is 8. The lowest BCUT2D eigenvalue weighted by Gasteiger charge is -2.33. The first-order valence-electron chi connectivity index (χ1n) is 24.0. The molecule has 0 aliphatic heterocycles. The maximum absolute atomic E-state index is 2.54. The van der Waals surface area contributed by atoms with Crippen LogP contribution in [-0.4, -0.2) is 4.57 Å². The normalized spacial score (nSPS) is 14.9. The monoisotopic (exact) mass is 868 g/mol. The molecule has 0 radical (unpaired) electrons. The van der Waals surface area contributed by atoms with E-state index in [4.69, 9.17) is 0 Å². The zero-order valence-electron chi connectivity index (χ0n) is 38.2. The lowest BCUT2D eigenvalue weighted by molar-refractivity contribution is 0.785. The molecule has 2 heteroatoms. The van der Waals surface area contributed by atoms with Crippen LogP contribution in [0.1, 0.15) is 42.5 Å². The van der Waals surface area contributed by atoms with Crippen molar-refractivity contribution in [1.82, 2.24) is 4.57 Å². The molecule has 0 amide bonds. The fourth-order valence-corrected chi connectivity index (χ4v) is 12.1. The van der Waals surface area contributed by atoms with E-state index in [1.807, 2.05) is 0 Å². The van der Waals surface area contributed by atoms with Crippen molar-refractivity contribution in [2.24, 2.45) is 0 Å². The average Bonchev–Trinajstić information content (AvgIpc) is 4.01. The third-order valence-electron chi connectivity index (χ3n) is 14.7. The van der Waals surface area contributed by atoms with Crippen molar-refractivity contribution in [3.05, 3.63) is 271 Å². The summed E-state index contributed by atoms with van der Waals surface area (Å²) in [5, 5.41) is 4.90. The van der Waals surface area contributed by atoms with Crippen LogP contribution in [0.25, 0.3) is 77.2 Å². The fourth-order valence-electron chi connectivity index (χ4n) is 12.1. The topological polar surface area (TPSA) is 8.17 Å². The van der Waals surface area contributed by atoms with Crippen LogP contribution in [0.5, 0.6) is 0 Å². The van der Waals surface area contributed by atoms with Crippen molar-refractivity contribution in [3.8, 4) is 39.1 Å². The van der Waals surface area contributed by atoms with E-state index in [1.54, 1.807) is 0 Å². The molecule has 0 N–H and O–H groups in total. The summed E-state index contributed by atoms with van der Waals surface area (Å²) in [6.45, 7) is 4.47. The van der Waals surface area contributed by atoms with Crippen molar-refractivity contribution in [1.29, 1.82) is 0 Å². The van der Waals surface area contributed by atoms with Gasteiger partial charge in [-0.15, -0.1) is 0 Å². The van der Waals surface area contributed by atoms with Gasteiger partial charge >= 0.3 is 0 Å². The molecule has 68 heavy (non-hydrogen) atoms. The number of fused-ring (bicyclic) bond motifs is 11. The Morgan fingerprint density at radius 2 is 1.03 bits per heavy atom. The Kier molecular flexibility index (Phi) is 9.30. The van der Waals surface area contributed by atoms with Gasteiger partial charge in [-0.25, -0.2) is 0 Å². The molecule has 1 heterocycles. The van der Waals surface area contributed by atoms with E-state index in [0.717, 1.165) is 29.2 Å². The Morgan fingerprint density at radius 1 is 0.441 bits per heavy atom. The van der Waals surface area contributed by atoms with Gasteiger partial charge in [0, 0.05) is 33.1 Å². The van der Waals surface area contributed by atoms with Gasteiger partial charge in [0.05, 0.1) is 27.8 Å². The van der Waals surface area contributed by atoms with Crippen molar-refractivity contribution < 1.29 is 0 Å². The molecule has 2 nitrogen and oxygen atoms in total. The van der Waals surface area contributed by atoms with Crippen molar-refractivity contribution in [3.63, 3.8) is 0 Å². The largest absolute Gasteiger partial charge is 0.309 e. The van der Waals surface area contributed by atoms with E-state index in [-0.39, 0.29) is 0 Å². The summed E-state index contributed by atoms with van der Waals surface area (Å²) >= 11 is 0. The molecule has 2 aliphatic rings. The van der Waals surface area contributed by atoms with Gasteiger partial charge in [0.1, 0.15) is 0 Å². The maximum atomic E-state index is 2.54. The minimum absolute atomic E-state index is 0.456. The Labute approximate surface area is 398 Å². The molecule has 322 valence electrons. The highest BCUT2D eigenvalue weighted by molar-refractivity contribution is 6.19.